The predicted octanol–water partition coefficient (Wildman–Crippen LogP) is 2.08. The molecule has 10 nitrogen and oxygen atoms in total. The second-order valence-electron chi connectivity index (χ2n) is 8.79. The summed E-state index contributed by atoms with van der Waals surface area (Å²) in [5.41, 5.74) is 5.40. The normalized spacial score (nSPS) is 21.6. The number of carbonyl (C=O) groups excluding carboxylic acids is 2. The molecule has 3 atom stereocenters. The van der Waals surface area contributed by atoms with Crippen molar-refractivity contribution in [3.05, 3.63) is 59.7 Å². The number of fused-ring (bicyclic) bond motifs is 3. The fraction of sp³-hybridized carbons (Fsp3) is 0.400. The molecule has 0 bridgehead atoms. The van der Waals surface area contributed by atoms with Crippen LogP contribution >= 0.6 is 0 Å². The van der Waals surface area contributed by atoms with E-state index in [1.165, 1.54) is 7.11 Å². The highest BCUT2D eigenvalue weighted by Crippen LogP contribution is 2.44. The second-order valence-corrected chi connectivity index (χ2v) is 8.79. The summed E-state index contributed by atoms with van der Waals surface area (Å²) in [5.74, 6) is -2.00. The smallest absolute Gasteiger partial charge is 0.407 e. The van der Waals surface area contributed by atoms with Crippen molar-refractivity contribution in [1.29, 1.82) is 0 Å². The summed E-state index contributed by atoms with van der Waals surface area (Å²) in [6.07, 6.45) is -2.05. The average Bonchev–Trinajstić information content (AvgIpc) is 3.38. The highest BCUT2D eigenvalue weighted by molar-refractivity contribution is 5.84. The van der Waals surface area contributed by atoms with Crippen LogP contribution in [0.15, 0.2) is 48.5 Å². The monoisotopic (exact) mass is 484 g/mol. The minimum Gasteiger partial charge on any atom is -0.479 e. The van der Waals surface area contributed by atoms with Gasteiger partial charge < -0.3 is 24.6 Å². The van der Waals surface area contributed by atoms with E-state index in [0.29, 0.717) is 0 Å². The molecule has 2 aliphatic rings. The van der Waals surface area contributed by atoms with Crippen LogP contribution in [0.2, 0.25) is 0 Å². The fourth-order valence-electron chi connectivity index (χ4n) is 4.43. The summed E-state index contributed by atoms with van der Waals surface area (Å²) in [4.78, 5) is 41.7. The highest BCUT2D eigenvalue weighted by Gasteiger charge is 2.48. The van der Waals surface area contributed by atoms with Gasteiger partial charge in [0.1, 0.15) is 6.61 Å². The van der Waals surface area contributed by atoms with Crippen LogP contribution < -0.4 is 10.8 Å². The maximum absolute atomic E-state index is 12.8. The molecular weight excluding hydrogens is 456 g/mol. The first-order valence-corrected chi connectivity index (χ1v) is 11.2. The third-order valence-corrected chi connectivity index (χ3v) is 6.50. The Morgan fingerprint density at radius 1 is 1.11 bits per heavy atom. The Labute approximate surface area is 202 Å². The number of alkyl carbamates (subject to hydrolysis) is 1. The second kappa shape index (κ2) is 10.4. The molecule has 2 aromatic carbocycles. The number of rotatable bonds is 9. The van der Waals surface area contributed by atoms with E-state index < -0.39 is 35.5 Å². The lowest BCUT2D eigenvalue weighted by Crippen LogP contribution is -2.54. The number of carbonyl (C=O) groups is 3. The third kappa shape index (κ3) is 5.00. The Bertz CT molecular complexity index is 1060. The number of carboxylic acids is 1. The molecule has 1 heterocycles. The molecule has 1 aliphatic carbocycles. The molecule has 186 valence electrons. The quantitative estimate of drug-likeness (QED) is 0.461. The van der Waals surface area contributed by atoms with E-state index in [0.717, 1.165) is 22.3 Å². The summed E-state index contributed by atoms with van der Waals surface area (Å²) >= 11 is 0. The molecule has 35 heavy (non-hydrogen) atoms. The molecule has 3 N–H and O–H groups in total. The topological polar surface area (TPSA) is 132 Å². The van der Waals surface area contributed by atoms with Crippen LogP contribution in [0.1, 0.15) is 24.0 Å². The van der Waals surface area contributed by atoms with E-state index >= 15 is 0 Å². The summed E-state index contributed by atoms with van der Waals surface area (Å²) in [5, 5.41) is 11.8. The summed E-state index contributed by atoms with van der Waals surface area (Å²) in [6, 6.07) is 15.3. The van der Waals surface area contributed by atoms with Gasteiger partial charge in [-0.15, -0.1) is 0 Å². The van der Waals surface area contributed by atoms with Crippen LogP contribution in [-0.2, 0) is 28.6 Å². The van der Waals surface area contributed by atoms with Gasteiger partial charge in [0.05, 0.1) is 31.3 Å². The number of hydrogen-bond acceptors (Lipinski definition) is 7. The molecule has 0 aromatic heterocycles. The SMILES string of the molecule is COCC(ONC(=O)C1(C)COCC1NC(=O)OCC1c2ccccc2-c2ccccc21)C(=O)O. The summed E-state index contributed by atoms with van der Waals surface area (Å²) in [6.45, 7) is 1.59. The predicted molar refractivity (Wildman–Crippen MR) is 123 cm³/mol. The minimum absolute atomic E-state index is 0.0124. The number of nitrogens with one attached hydrogen (secondary N) is 2. The average molecular weight is 485 g/mol. The lowest BCUT2D eigenvalue weighted by atomic mass is 9.84. The van der Waals surface area contributed by atoms with Crippen molar-refractivity contribution in [2.45, 2.75) is 25.0 Å². The van der Waals surface area contributed by atoms with Gasteiger partial charge in [0.15, 0.2) is 0 Å². The highest BCUT2D eigenvalue weighted by atomic mass is 16.7. The Balaban J connectivity index is 1.36. The number of aliphatic carboxylic acids is 1. The Morgan fingerprint density at radius 3 is 2.34 bits per heavy atom. The van der Waals surface area contributed by atoms with Crippen molar-refractivity contribution in [1.82, 2.24) is 10.8 Å². The van der Waals surface area contributed by atoms with E-state index in [1.54, 1.807) is 6.92 Å². The maximum Gasteiger partial charge on any atom is 0.407 e. The lowest BCUT2D eigenvalue weighted by molar-refractivity contribution is -0.168. The molecule has 0 spiro atoms. The third-order valence-electron chi connectivity index (χ3n) is 6.50. The van der Waals surface area contributed by atoms with Gasteiger partial charge in [-0.2, -0.15) is 0 Å². The number of hydroxylamine groups is 1. The Morgan fingerprint density at radius 2 is 1.74 bits per heavy atom. The first kappa shape index (κ1) is 24.6. The molecular formula is C25H28N2O8. The molecule has 3 unspecified atom stereocenters. The van der Waals surface area contributed by atoms with Crippen molar-refractivity contribution in [3.63, 3.8) is 0 Å². The van der Waals surface area contributed by atoms with Gasteiger partial charge in [-0.05, 0) is 29.2 Å². The first-order valence-electron chi connectivity index (χ1n) is 11.2. The van der Waals surface area contributed by atoms with Gasteiger partial charge in [-0.25, -0.2) is 15.1 Å². The van der Waals surface area contributed by atoms with Gasteiger partial charge in [-0.1, -0.05) is 48.5 Å². The molecule has 0 radical (unpaired) electrons. The molecule has 1 saturated heterocycles. The van der Waals surface area contributed by atoms with Crippen LogP contribution in [0.3, 0.4) is 0 Å². The van der Waals surface area contributed by atoms with E-state index in [4.69, 9.17) is 24.2 Å². The largest absolute Gasteiger partial charge is 0.479 e. The Hall–Kier alpha value is -3.47. The zero-order valence-corrected chi connectivity index (χ0v) is 19.5. The van der Waals surface area contributed by atoms with Gasteiger partial charge in [0, 0.05) is 13.0 Å². The maximum atomic E-state index is 12.8. The van der Waals surface area contributed by atoms with E-state index in [2.05, 4.69) is 22.9 Å². The number of amides is 2. The molecule has 2 amide bonds. The number of carboxylic acid groups (broad SMARTS) is 1. The van der Waals surface area contributed by atoms with E-state index in [1.807, 2.05) is 36.4 Å². The minimum atomic E-state index is -1.37. The number of ether oxygens (including phenoxy) is 3. The van der Waals surface area contributed by atoms with Crippen LogP contribution in [0.5, 0.6) is 0 Å². The van der Waals surface area contributed by atoms with Gasteiger partial charge in [0.2, 0.25) is 6.10 Å². The standard InChI is InChI=1S/C25H28N2O8/c1-25(23(30)27-35-20(12-32-2)22(28)29)14-33-13-21(25)26-24(31)34-11-19-17-9-5-3-7-15(17)16-8-4-6-10-18(16)19/h3-10,19-21H,11-14H2,1-2H3,(H,26,31)(H,27,30)(H,28,29). The van der Waals surface area contributed by atoms with Crippen LogP contribution in [0.4, 0.5) is 4.79 Å². The molecule has 1 aliphatic heterocycles. The summed E-state index contributed by atoms with van der Waals surface area (Å²) < 4.78 is 15.8. The van der Waals surface area contributed by atoms with Crippen LogP contribution in [0.25, 0.3) is 11.1 Å². The van der Waals surface area contributed by atoms with E-state index in [9.17, 15) is 14.4 Å². The van der Waals surface area contributed by atoms with Crippen LogP contribution in [0, 0.1) is 5.41 Å². The van der Waals surface area contributed by atoms with E-state index in [-0.39, 0.29) is 32.3 Å². The zero-order valence-electron chi connectivity index (χ0n) is 19.5. The first-order chi connectivity index (χ1) is 16.8. The molecule has 0 saturated carbocycles. The van der Waals surface area contributed by atoms with Crippen molar-refractivity contribution >= 4 is 18.0 Å². The summed E-state index contributed by atoms with van der Waals surface area (Å²) in [7, 11) is 1.32. The van der Waals surface area contributed by atoms with Crippen molar-refractivity contribution in [2.75, 3.05) is 33.5 Å². The Kier molecular flexibility index (Phi) is 7.34. The van der Waals surface area contributed by atoms with Gasteiger partial charge in [-0.3, -0.25) is 9.63 Å². The van der Waals surface area contributed by atoms with Gasteiger partial charge in [0.25, 0.3) is 5.91 Å². The van der Waals surface area contributed by atoms with Crippen molar-refractivity contribution in [2.24, 2.45) is 5.41 Å². The van der Waals surface area contributed by atoms with Crippen molar-refractivity contribution < 1.29 is 38.5 Å². The lowest BCUT2D eigenvalue weighted by Gasteiger charge is -2.28. The molecule has 1 fully saturated rings. The van der Waals surface area contributed by atoms with Crippen molar-refractivity contribution in [3.8, 4) is 11.1 Å². The number of benzene rings is 2. The number of hydrogen-bond donors (Lipinski definition) is 3. The molecule has 4 rings (SSSR count). The molecule has 10 heteroatoms. The van der Waals surface area contributed by atoms with Crippen LogP contribution in [-0.4, -0.2) is 68.8 Å². The fourth-order valence-corrected chi connectivity index (χ4v) is 4.43. The van der Waals surface area contributed by atoms with Gasteiger partial charge >= 0.3 is 12.1 Å². The number of methoxy groups -OCH3 is 1. The molecule has 2 aromatic rings. The zero-order chi connectivity index (χ0) is 25.0.